The number of carbonyl (C=O) groups is 1. The number of benzene rings is 1. The Morgan fingerprint density at radius 1 is 1.33 bits per heavy atom. The second-order valence-corrected chi connectivity index (χ2v) is 8.33. The molecule has 0 aliphatic carbocycles. The summed E-state index contributed by atoms with van der Waals surface area (Å²) in [5.74, 6) is 0.153. The zero-order chi connectivity index (χ0) is 15.8. The van der Waals surface area contributed by atoms with Crippen molar-refractivity contribution in [3.63, 3.8) is 0 Å². The van der Waals surface area contributed by atoms with Crippen molar-refractivity contribution >= 4 is 25.6 Å². The topological polar surface area (TPSA) is 54.5 Å². The van der Waals surface area contributed by atoms with Gasteiger partial charge in [-0.25, -0.2) is 8.42 Å². The van der Waals surface area contributed by atoms with Gasteiger partial charge in [0, 0.05) is 23.3 Å². The fraction of sp³-hybridized carbons (Fsp3) is 0.533. The number of carbonyl (C=O) groups excluding carboxylic acids is 1. The predicted molar refractivity (Wildman–Crippen MR) is 83.1 cm³/mol. The summed E-state index contributed by atoms with van der Waals surface area (Å²) in [6.07, 6.45) is 2.02. The van der Waals surface area contributed by atoms with Crippen LogP contribution in [0.25, 0.3) is 0 Å². The van der Waals surface area contributed by atoms with E-state index in [0.29, 0.717) is 12.5 Å². The number of rotatable bonds is 2. The molecule has 2 atom stereocenters. The number of hydrogen-bond donors (Lipinski definition) is 0. The first-order valence-electron chi connectivity index (χ1n) is 7.08. The molecule has 1 aliphatic rings. The van der Waals surface area contributed by atoms with E-state index < -0.39 is 9.05 Å². The third-order valence-electron chi connectivity index (χ3n) is 4.26. The minimum atomic E-state index is -3.94. The maximum Gasteiger partial charge on any atom is 0.262 e. The lowest BCUT2D eigenvalue weighted by atomic mass is 9.91. The highest BCUT2D eigenvalue weighted by atomic mass is 35.7. The van der Waals surface area contributed by atoms with Gasteiger partial charge in [-0.05, 0) is 44.7 Å². The number of halogens is 1. The standard InChI is InChI=1S/C15H20ClNO3S/c1-10-6-7-14(21(16,19)20)13(9-10)15(18)17-8-4-5-11(2)12(17)3/h6-7,9,11-12H,4-5,8H2,1-3H3. The normalized spacial score (nSPS) is 23.1. The van der Waals surface area contributed by atoms with Crippen molar-refractivity contribution in [1.82, 2.24) is 4.90 Å². The molecule has 0 N–H and O–H groups in total. The highest BCUT2D eigenvalue weighted by Gasteiger charge is 2.31. The van der Waals surface area contributed by atoms with Crippen LogP contribution in [0.15, 0.2) is 23.1 Å². The Bertz CT molecular complexity index is 657. The molecule has 1 amide bonds. The van der Waals surface area contributed by atoms with Crippen molar-refractivity contribution in [2.24, 2.45) is 5.92 Å². The van der Waals surface area contributed by atoms with Gasteiger partial charge in [-0.15, -0.1) is 0 Å². The zero-order valence-electron chi connectivity index (χ0n) is 12.5. The molecule has 4 nitrogen and oxygen atoms in total. The van der Waals surface area contributed by atoms with E-state index in [2.05, 4.69) is 6.92 Å². The van der Waals surface area contributed by atoms with Gasteiger partial charge in [0.15, 0.2) is 0 Å². The minimum Gasteiger partial charge on any atom is -0.336 e. The molecule has 1 aromatic rings. The Kier molecular flexibility index (Phi) is 4.63. The molecule has 1 saturated heterocycles. The molecule has 6 heteroatoms. The molecule has 1 heterocycles. The van der Waals surface area contributed by atoms with Crippen LogP contribution < -0.4 is 0 Å². The summed E-state index contributed by atoms with van der Waals surface area (Å²) in [6.45, 7) is 6.59. The van der Waals surface area contributed by atoms with Crippen molar-refractivity contribution in [3.05, 3.63) is 29.3 Å². The lowest BCUT2D eigenvalue weighted by molar-refractivity contribution is 0.0547. The molecule has 0 radical (unpaired) electrons. The number of likely N-dealkylation sites (tertiary alicyclic amines) is 1. The van der Waals surface area contributed by atoms with Gasteiger partial charge >= 0.3 is 0 Å². The van der Waals surface area contributed by atoms with Gasteiger partial charge in [0.25, 0.3) is 15.0 Å². The van der Waals surface area contributed by atoms with Gasteiger partial charge in [0.2, 0.25) is 0 Å². The summed E-state index contributed by atoms with van der Waals surface area (Å²) < 4.78 is 23.4. The van der Waals surface area contributed by atoms with Crippen LogP contribution in [0.1, 0.15) is 42.6 Å². The zero-order valence-corrected chi connectivity index (χ0v) is 14.0. The quantitative estimate of drug-likeness (QED) is 0.783. The fourth-order valence-electron chi connectivity index (χ4n) is 2.80. The van der Waals surface area contributed by atoms with Crippen molar-refractivity contribution in [1.29, 1.82) is 0 Å². The van der Waals surface area contributed by atoms with Gasteiger partial charge in [-0.1, -0.05) is 18.6 Å². The molecular weight excluding hydrogens is 310 g/mol. The van der Waals surface area contributed by atoms with E-state index in [4.69, 9.17) is 10.7 Å². The van der Waals surface area contributed by atoms with Crippen LogP contribution in [0, 0.1) is 12.8 Å². The monoisotopic (exact) mass is 329 g/mol. The SMILES string of the molecule is Cc1ccc(S(=O)(=O)Cl)c(C(=O)N2CCCC(C)C2C)c1. The average molecular weight is 330 g/mol. The summed E-state index contributed by atoms with van der Waals surface area (Å²) >= 11 is 0. The van der Waals surface area contributed by atoms with Crippen LogP contribution in [0.2, 0.25) is 0 Å². The molecule has 2 unspecified atom stereocenters. The fourth-order valence-corrected chi connectivity index (χ4v) is 3.84. The minimum absolute atomic E-state index is 0.0950. The Morgan fingerprint density at radius 3 is 2.62 bits per heavy atom. The van der Waals surface area contributed by atoms with E-state index >= 15 is 0 Å². The molecule has 116 valence electrons. The molecule has 0 spiro atoms. The summed E-state index contributed by atoms with van der Waals surface area (Å²) in [6, 6.07) is 4.75. The molecule has 1 aromatic carbocycles. The molecule has 1 fully saturated rings. The molecule has 1 aliphatic heterocycles. The van der Waals surface area contributed by atoms with Crippen LogP contribution in [0.3, 0.4) is 0 Å². The number of amides is 1. The average Bonchev–Trinajstić information content (AvgIpc) is 2.39. The van der Waals surface area contributed by atoms with Crippen molar-refractivity contribution in [2.45, 2.75) is 44.6 Å². The van der Waals surface area contributed by atoms with Gasteiger partial charge in [-0.3, -0.25) is 4.79 Å². The van der Waals surface area contributed by atoms with E-state index in [0.717, 1.165) is 18.4 Å². The summed E-state index contributed by atoms with van der Waals surface area (Å²) in [4.78, 5) is 14.4. The van der Waals surface area contributed by atoms with Gasteiger partial charge in [0.1, 0.15) is 0 Å². The number of aryl methyl sites for hydroxylation is 1. The van der Waals surface area contributed by atoms with Crippen LogP contribution in [0.4, 0.5) is 0 Å². The highest BCUT2D eigenvalue weighted by molar-refractivity contribution is 8.13. The van der Waals surface area contributed by atoms with Crippen LogP contribution in [0.5, 0.6) is 0 Å². The third kappa shape index (κ3) is 3.40. The maximum atomic E-state index is 12.8. The first-order valence-corrected chi connectivity index (χ1v) is 9.39. The lowest BCUT2D eigenvalue weighted by Gasteiger charge is -2.38. The first kappa shape index (κ1) is 16.3. The Hall–Kier alpha value is -1.07. The second-order valence-electron chi connectivity index (χ2n) is 5.80. The molecule has 2 rings (SSSR count). The Morgan fingerprint density at radius 2 is 2.00 bits per heavy atom. The Labute approximate surface area is 130 Å². The van der Waals surface area contributed by atoms with Crippen molar-refractivity contribution < 1.29 is 13.2 Å². The van der Waals surface area contributed by atoms with Gasteiger partial charge < -0.3 is 4.90 Å². The molecule has 0 aromatic heterocycles. The van der Waals surface area contributed by atoms with Crippen LogP contribution in [-0.2, 0) is 9.05 Å². The van der Waals surface area contributed by atoms with Crippen molar-refractivity contribution in [3.8, 4) is 0 Å². The molecular formula is C15H20ClNO3S. The van der Waals surface area contributed by atoms with Gasteiger partial charge in [0.05, 0.1) is 10.5 Å². The van der Waals surface area contributed by atoms with Gasteiger partial charge in [-0.2, -0.15) is 0 Å². The summed E-state index contributed by atoms with van der Waals surface area (Å²) in [5.41, 5.74) is 1.01. The van der Waals surface area contributed by atoms with E-state index in [1.807, 2.05) is 13.8 Å². The van der Waals surface area contributed by atoms with E-state index in [9.17, 15) is 13.2 Å². The number of hydrogen-bond acceptors (Lipinski definition) is 3. The number of nitrogens with zero attached hydrogens (tertiary/aromatic N) is 1. The predicted octanol–water partition coefficient (Wildman–Crippen LogP) is 3.18. The smallest absolute Gasteiger partial charge is 0.262 e. The summed E-state index contributed by atoms with van der Waals surface area (Å²) in [5, 5.41) is 0. The largest absolute Gasteiger partial charge is 0.336 e. The van der Waals surface area contributed by atoms with Crippen LogP contribution in [-0.4, -0.2) is 31.8 Å². The third-order valence-corrected chi connectivity index (χ3v) is 5.64. The lowest BCUT2D eigenvalue weighted by Crippen LogP contribution is -2.46. The van der Waals surface area contributed by atoms with Crippen molar-refractivity contribution in [2.75, 3.05) is 6.54 Å². The first-order chi connectivity index (χ1) is 9.71. The molecule has 0 bridgehead atoms. The second kappa shape index (κ2) is 5.97. The van der Waals surface area contributed by atoms with Crippen LogP contribution >= 0.6 is 10.7 Å². The van der Waals surface area contributed by atoms with E-state index in [1.165, 1.54) is 6.07 Å². The summed E-state index contributed by atoms with van der Waals surface area (Å²) in [7, 11) is 1.53. The Balaban J connectivity index is 2.46. The molecule has 0 saturated carbocycles. The maximum absolute atomic E-state index is 12.8. The molecule has 21 heavy (non-hydrogen) atoms. The van der Waals surface area contributed by atoms with E-state index in [1.54, 1.807) is 17.0 Å². The highest BCUT2D eigenvalue weighted by Crippen LogP contribution is 2.28. The van der Waals surface area contributed by atoms with E-state index in [-0.39, 0.29) is 22.4 Å². The number of piperidine rings is 1.